The number of rotatable bonds is 6. The lowest BCUT2D eigenvalue weighted by Crippen LogP contribution is -2.26. The smallest absolute Gasteiger partial charge is 0.263 e. The molecular formula is C21H26N6O2. The zero-order chi connectivity index (χ0) is 20.1. The minimum Gasteiger partial charge on any atom is -0.356 e. The number of amides is 1. The summed E-state index contributed by atoms with van der Waals surface area (Å²) in [7, 11) is 0. The minimum absolute atomic E-state index is 0.0392. The molecule has 3 aromatic rings. The fourth-order valence-electron chi connectivity index (χ4n) is 3.65. The maximum atomic E-state index is 12.3. The Morgan fingerprint density at radius 2 is 2.03 bits per heavy atom. The highest BCUT2D eigenvalue weighted by Gasteiger charge is 2.21. The number of anilines is 1. The summed E-state index contributed by atoms with van der Waals surface area (Å²) in [5, 5.41) is 7.89. The van der Waals surface area contributed by atoms with E-state index < -0.39 is 0 Å². The van der Waals surface area contributed by atoms with Crippen LogP contribution in [-0.4, -0.2) is 39.1 Å². The summed E-state index contributed by atoms with van der Waals surface area (Å²) in [5.41, 5.74) is 2.28. The molecule has 0 bridgehead atoms. The highest BCUT2D eigenvalue weighted by molar-refractivity contribution is 5.88. The molecular weight excluding hydrogens is 368 g/mol. The molecule has 0 unspecified atom stereocenters. The third kappa shape index (κ3) is 4.70. The number of carbonyl (C=O) groups is 1. The normalized spacial score (nSPS) is 14.7. The topological polar surface area (TPSA) is 97.0 Å². The van der Waals surface area contributed by atoms with Gasteiger partial charge in [0.15, 0.2) is 0 Å². The van der Waals surface area contributed by atoms with E-state index in [2.05, 4.69) is 25.3 Å². The molecule has 1 saturated heterocycles. The number of nitrogens with one attached hydrogen (secondary N) is 1. The van der Waals surface area contributed by atoms with E-state index in [0.717, 1.165) is 48.4 Å². The number of carbonyl (C=O) groups excluding carboxylic acids is 1. The van der Waals surface area contributed by atoms with Gasteiger partial charge in [0, 0.05) is 44.9 Å². The summed E-state index contributed by atoms with van der Waals surface area (Å²) in [6, 6.07) is 3.79. The van der Waals surface area contributed by atoms with Gasteiger partial charge in [0.25, 0.3) is 5.71 Å². The largest absolute Gasteiger partial charge is 0.356 e. The number of aromatic nitrogens is 4. The van der Waals surface area contributed by atoms with E-state index in [-0.39, 0.29) is 5.91 Å². The van der Waals surface area contributed by atoms with Gasteiger partial charge in [0.1, 0.15) is 17.0 Å². The van der Waals surface area contributed by atoms with Crippen LogP contribution >= 0.6 is 0 Å². The second-order valence-corrected chi connectivity index (χ2v) is 7.45. The van der Waals surface area contributed by atoms with Gasteiger partial charge < -0.3 is 14.7 Å². The monoisotopic (exact) mass is 394 g/mol. The highest BCUT2D eigenvalue weighted by atomic mass is 16.5. The fraction of sp³-hybridized carbons (Fsp3) is 0.476. The lowest BCUT2D eigenvalue weighted by atomic mass is 10.2. The van der Waals surface area contributed by atoms with Crippen molar-refractivity contribution in [2.75, 3.05) is 18.0 Å². The van der Waals surface area contributed by atoms with Gasteiger partial charge in [-0.2, -0.15) is 4.98 Å². The maximum absolute atomic E-state index is 12.3. The van der Waals surface area contributed by atoms with E-state index in [9.17, 15) is 4.79 Å². The van der Waals surface area contributed by atoms with Crippen LogP contribution in [-0.2, 0) is 17.8 Å². The molecule has 0 aliphatic carbocycles. The van der Waals surface area contributed by atoms with E-state index in [1.807, 2.05) is 19.1 Å². The molecule has 152 valence electrons. The van der Waals surface area contributed by atoms with E-state index in [0.29, 0.717) is 30.9 Å². The summed E-state index contributed by atoms with van der Waals surface area (Å²) in [6.45, 7) is 4.33. The van der Waals surface area contributed by atoms with E-state index >= 15 is 0 Å². The van der Waals surface area contributed by atoms with Crippen LogP contribution in [0.5, 0.6) is 0 Å². The first-order chi connectivity index (χ1) is 14.2. The molecule has 0 saturated carbocycles. The quantitative estimate of drug-likeness (QED) is 0.686. The Morgan fingerprint density at radius 1 is 1.21 bits per heavy atom. The van der Waals surface area contributed by atoms with Gasteiger partial charge in [-0.05, 0) is 31.4 Å². The molecule has 8 heteroatoms. The predicted octanol–water partition coefficient (Wildman–Crippen LogP) is 2.95. The van der Waals surface area contributed by atoms with Crippen LogP contribution in [0.1, 0.15) is 49.2 Å². The average Bonchev–Trinajstić information content (AvgIpc) is 2.95. The van der Waals surface area contributed by atoms with Crippen LogP contribution < -0.4 is 10.2 Å². The standard InChI is InChI=1S/C21H26N6O2/c1-15-19-20(27-11-4-2-3-5-12-27)24-17(25-21(19)29-26-15)8-9-18(28)23-14-16-7-6-10-22-13-16/h6-7,10,13H,2-5,8-9,11-12,14H2,1H3,(H,23,28). The number of hydrogen-bond acceptors (Lipinski definition) is 7. The van der Waals surface area contributed by atoms with Crippen LogP contribution in [0.15, 0.2) is 29.0 Å². The number of hydrogen-bond donors (Lipinski definition) is 1. The molecule has 1 amide bonds. The summed E-state index contributed by atoms with van der Waals surface area (Å²) >= 11 is 0. The predicted molar refractivity (Wildman–Crippen MR) is 109 cm³/mol. The Kier molecular flexibility index (Phi) is 5.97. The third-order valence-electron chi connectivity index (χ3n) is 5.23. The van der Waals surface area contributed by atoms with Gasteiger partial charge in [0.2, 0.25) is 5.91 Å². The number of aryl methyl sites for hydroxylation is 2. The van der Waals surface area contributed by atoms with Gasteiger partial charge >= 0.3 is 0 Å². The number of pyridine rings is 1. The van der Waals surface area contributed by atoms with Crippen molar-refractivity contribution >= 4 is 22.8 Å². The maximum Gasteiger partial charge on any atom is 0.263 e. The van der Waals surface area contributed by atoms with Gasteiger partial charge in [0.05, 0.1) is 5.69 Å². The first-order valence-corrected chi connectivity index (χ1v) is 10.2. The average molecular weight is 394 g/mol. The molecule has 1 fully saturated rings. The van der Waals surface area contributed by atoms with Crippen molar-refractivity contribution in [3.63, 3.8) is 0 Å². The first-order valence-electron chi connectivity index (χ1n) is 10.2. The molecule has 0 radical (unpaired) electrons. The Morgan fingerprint density at radius 3 is 2.79 bits per heavy atom. The highest BCUT2D eigenvalue weighted by Crippen LogP contribution is 2.29. The molecule has 0 spiro atoms. The molecule has 0 atom stereocenters. The Bertz CT molecular complexity index is 964. The zero-order valence-electron chi connectivity index (χ0n) is 16.7. The first kappa shape index (κ1) is 19.3. The molecule has 0 aromatic carbocycles. The molecule has 8 nitrogen and oxygen atoms in total. The van der Waals surface area contributed by atoms with Crippen LogP contribution in [0.4, 0.5) is 5.82 Å². The van der Waals surface area contributed by atoms with Crippen LogP contribution in [0, 0.1) is 6.92 Å². The number of nitrogens with zero attached hydrogens (tertiary/aromatic N) is 5. The molecule has 4 heterocycles. The van der Waals surface area contributed by atoms with Crippen molar-refractivity contribution in [1.82, 2.24) is 25.4 Å². The van der Waals surface area contributed by atoms with Crippen molar-refractivity contribution in [2.24, 2.45) is 0 Å². The Hall–Kier alpha value is -3.03. The Balaban J connectivity index is 1.46. The molecule has 3 aromatic heterocycles. The van der Waals surface area contributed by atoms with Crippen molar-refractivity contribution < 1.29 is 9.32 Å². The fourth-order valence-corrected chi connectivity index (χ4v) is 3.65. The van der Waals surface area contributed by atoms with Crippen LogP contribution in [0.25, 0.3) is 11.1 Å². The van der Waals surface area contributed by atoms with Gasteiger partial charge in [-0.1, -0.05) is 24.1 Å². The second-order valence-electron chi connectivity index (χ2n) is 7.45. The summed E-state index contributed by atoms with van der Waals surface area (Å²) in [4.78, 5) is 27.9. The zero-order valence-corrected chi connectivity index (χ0v) is 16.7. The van der Waals surface area contributed by atoms with Crippen LogP contribution in [0.3, 0.4) is 0 Å². The summed E-state index contributed by atoms with van der Waals surface area (Å²) in [6.07, 6.45) is 9.04. The molecule has 29 heavy (non-hydrogen) atoms. The summed E-state index contributed by atoms with van der Waals surface area (Å²) in [5.74, 6) is 1.47. The lowest BCUT2D eigenvalue weighted by Gasteiger charge is -2.22. The van der Waals surface area contributed by atoms with E-state index in [4.69, 9.17) is 9.51 Å². The van der Waals surface area contributed by atoms with Crippen molar-refractivity contribution in [3.05, 3.63) is 41.6 Å². The number of fused-ring (bicyclic) bond motifs is 1. The van der Waals surface area contributed by atoms with Crippen molar-refractivity contribution in [1.29, 1.82) is 0 Å². The van der Waals surface area contributed by atoms with Crippen molar-refractivity contribution in [2.45, 2.75) is 52.0 Å². The van der Waals surface area contributed by atoms with Gasteiger partial charge in [-0.3, -0.25) is 9.78 Å². The lowest BCUT2D eigenvalue weighted by molar-refractivity contribution is -0.121. The van der Waals surface area contributed by atoms with E-state index in [1.54, 1.807) is 12.4 Å². The molecule has 1 N–H and O–H groups in total. The third-order valence-corrected chi connectivity index (χ3v) is 5.23. The molecule has 1 aliphatic heterocycles. The summed E-state index contributed by atoms with van der Waals surface area (Å²) < 4.78 is 5.43. The SMILES string of the molecule is Cc1noc2nc(CCC(=O)NCc3cccnc3)nc(N3CCCCCC3)c12. The molecule has 4 rings (SSSR count). The minimum atomic E-state index is -0.0392. The van der Waals surface area contributed by atoms with E-state index in [1.165, 1.54) is 12.8 Å². The van der Waals surface area contributed by atoms with Gasteiger partial charge in [-0.15, -0.1) is 0 Å². The van der Waals surface area contributed by atoms with Crippen molar-refractivity contribution in [3.8, 4) is 0 Å². The second kappa shape index (κ2) is 8.98. The molecule has 1 aliphatic rings. The van der Waals surface area contributed by atoms with Gasteiger partial charge in [-0.25, -0.2) is 4.98 Å². The Labute approximate surface area is 169 Å². The van der Waals surface area contributed by atoms with Crippen LogP contribution in [0.2, 0.25) is 0 Å².